The van der Waals surface area contributed by atoms with Crippen LogP contribution in [-0.2, 0) is 63.5 Å². The number of esters is 1. The Morgan fingerprint density at radius 1 is 0.879 bits per heavy atom. The summed E-state index contributed by atoms with van der Waals surface area (Å²) in [5, 5.41) is 25.4. The number of hydrogen-bond donors (Lipinski definition) is 2. The van der Waals surface area contributed by atoms with Gasteiger partial charge in [0, 0.05) is 11.8 Å². The van der Waals surface area contributed by atoms with Crippen LogP contribution in [0.15, 0.2) is 42.0 Å². The van der Waals surface area contributed by atoms with E-state index in [9.17, 15) is 24.6 Å². The van der Waals surface area contributed by atoms with E-state index >= 15 is 0 Å². The van der Waals surface area contributed by atoms with Gasteiger partial charge in [0.1, 0.15) is 18.3 Å². The number of methoxy groups -OCH3 is 1. The molecule has 18 atom stereocenters. The number of fused-ring (bicyclic) bond motifs is 2. The molecule has 0 spiro atoms. The number of ether oxygens (including phenoxy) is 11. The summed E-state index contributed by atoms with van der Waals surface area (Å²) >= 11 is 0. The maximum Gasteiger partial charge on any atom is 0.509 e. The molecule has 1 aromatic rings. The number of nitrogens with zero attached hydrogens (tertiary/aromatic N) is 1. The molecule has 5 rings (SSSR count). The van der Waals surface area contributed by atoms with Crippen LogP contribution in [0.3, 0.4) is 0 Å². The van der Waals surface area contributed by atoms with E-state index in [0.717, 1.165) is 5.56 Å². The third-order valence-electron chi connectivity index (χ3n) is 13.7. The fourth-order valence-electron chi connectivity index (χ4n) is 10.4. The highest BCUT2D eigenvalue weighted by Crippen LogP contribution is 2.45. The van der Waals surface area contributed by atoms with Gasteiger partial charge in [0.25, 0.3) is 0 Å². The summed E-state index contributed by atoms with van der Waals surface area (Å²) in [7, 11) is 4.94. The number of rotatable bonds is 10. The van der Waals surface area contributed by atoms with Crippen molar-refractivity contribution in [1.29, 1.82) is 0 Å². The van der Waals surface area contributed by atoms with Crippen molar-refractivity contribution >= 4 is 18.3 Å². The lowest BCUT2D eigenvalue weighted by molar-refractivity contribution is -0.360. The Balaban J connectivity index is 1.57. The first-order valence-electron chi connectivity index (χ1n) is 23.4. The summed E-state index contributed by atoms with van der Waals surface area (Å²) in [6, 6.07) is 8.86. The van der Waals surface area contributed by atoms with E-state index in [0.29, 0.717) is 12.0 Å². The van der Waals surface area contributed by atoms with Crippen LogP contribution in [0.5, 0.6) is 0 Å². The summed E-state index contributed by atoms with van der Waals surface area (Å²) < 4.78 is 67.8. The number of carbonyl (C=O) groups excluding carboxylic acids is 3. The molecule has 4 aliphatic heterocycles. The molecule has 4 aliphatic rings. The van der Waals surface area contributed by atoms with Crippen molar-refractivity contribution in [1.82, 2.24) is 4.90 Å². The smallest absolute Gasteiger partial charge is 0.459 e. The lowest BCUT2D eigenvalue weighted by atomic mass is 9.72. The van der Waals surface area contributed by atoms with Gasteiger partial charge in [-0.25, -0.2) is 9.59 Å². The van der Waals surface area contributed by atoms with Crippen LogP contribution >= 0.6 is 0 Å². The molecular formula is C49H77NO16. The van der Waals surface area contributed by atoms with E-state index in [2.05, 4.69) is 0 Å². The normalized spacial score (nSPS) is 41.1. The second-order valence-electron chi connectivity index (χ2n) is 20.1. The van der Waals surface area contributed by atoms with Crippen molar-refractivity contribution in [3.63, 3.8) is 0 Å². The lowest BCUT2D eigenvalue weighted by Crippen LogP contribution is -2.64. The van der Waals surface area contributed by atoms with Gasteiger partial charge < -0.3 is 67.2 Å². The molecule has 0 aromatic heterocycles. The van der Waals surface area contributed by atoms with Crippen LogP contribution in [0.1, 0.15) is 108 Å². The molecule has 374 valence electrons. The Morgan fingerprint density at radius 3 is 2.15 bits per heavy atom. The molecule has 1 aromatic carbocycles. The van der Waals surface area contributed by atoms with Gasteiger partial charge in [0.2, 0.25) is 0 Å². The molecule has 17 heteroatoms. The zero-order valence-corrected chi connectivity index (χ0v) is 41.6. The van der Waals surface area contributed by atoms with Gasteiger partial charge >= 0.3 is 18.3 Å². The highest BCUT2D eigenvalue weighted by molar-refractivity contribution is 5.73. The number of benzene rings is 1. The van der Waals surface area contributed by atoms with Crippen molar-refractivity contribution in [2.24, 2.45) is 23.7 Å². The number of aliphatic hydroxyl groups is 2. The van der Waals surface area contributed by atoms with Crippen LogP contribution in [0.25, 0.3) is 0 Å². The van der Waals surface area contributed by atoms with Crippen molar-refractivity contribution in [2.45, 2.75) is 200 Å². The van der Waals surface area contributed by atoms with Gasteiger partial charge in [0.15, 0.2) is 30.6 Å². The topological polar surface area (TPSA) is 196 Å². The minimum Gasteiger partial charge on any atom is -0.459 e. The van der Waals surface area contributed by atoms with Gasteiger partial charge in [-0.1, -0.05) is 58.0 Å². The number of hydrogen-bond acceptors (Lipinski definition) is 17. The molecule has 17 nitrogen and oxygen atoms in total. The predicted molar refractivity (Wildman–Crippen MR) is 240 cm³/mol. The Hall–Kier alpha value is -3.39. The third kappa shape index (κ3) is 12.6. The van der Waals surface area contributed by atoms with Crippen molar-refractivity contribution in [2.75, 3.05) is 21.2 Å². The first-order valence-corrected chi connectivity index (χ1v) is 23.4. The van der Waals surface area contributed by atoms with Crippen LogP contribution in [-0.4, -0.2) is 145 Å². The quantitative estimate of drug-likeness (QED) is 0.143. The van der Waals surface area contributed by atoms with Crippen LogP contribution in [0.2, 0.25) is 0 Å². The monoisotopic (exact) mass is 936 g/mol. The average Bonchev–Trinajstić information content (AvgIpc) is 3.24. The van der Waals surface area contributed by atoms with E-state index in [-0.39, 0.29) is 37.5 Å². The number of cyclic esters (lactones) is 1. The Kier molecular flexibility index (Phi) is 17.8. The lowest BCUT2D eigenvalue weighted by Gasteiger charge is -2.53. The minimum absolute atomic E-state index is 0.0261. The SMILES string of the molecule is CC[C@H]1OC(=O)[C@H](C)[C@@H](O[C@H]2C=C(C)[C@@H](OC(=O)OCc3ccccc3)[C@H](C)O2)[C@H](C)[C@@H](O[C@@H]2O[C@H](C)C[C@H](N(C)C)[C@H]2OC(=O)OC)[C@](C)(O)C[C@@H](C)[C@@H]2OC(C)(C)O[C@H]([C@H]2C)[C@]1(C)O. The molecule has 4 heterocycles. The maximum atomic E-state index is 14.7. The van der Waals surface area contributed by atoms with Gasteiger partial charge in [-0.3, -0.25) is 4.79 Å². The van der Waals surface area contributed by atoms with Crippen molar-refractivity contribution in [3.8, 4) is 0 Å². The van der Waals surface area contributed by atoms with E-state index in [1.54, 1.807) is 61.5 Å². The summed E-state index contributed by atoms with van der Waals surface area (Å²) in [4.78, 5) is 42.2. The van der Waals surface area contributed by atoms with E-state index in [1.165, 1.54) is 7.11 Å². The first kappa shape index (κ1) is 53.6. The highest BCUT2D eigenvalue weighted by atomic mass is 16.8. The summed E-state index contributed by atoms with van der Waals surface area (Å²) in [6.45, 7) is 21.4. The van der Waals surface area contributed by atoms with Crippen LogP contribution in [0, 0.1) is 23.7 Å². The zero-order valence-electron chi connectivity index (χ0n) is 41.6. The predicted octanol–water partition coefficient (Wildman–Crippen LogP) is 6.68. The molecule has 0 amide bonds. The molecular weight excluding hydrogens is 859 g/mol. The fraction of sp³-hybridized carbons (Fsp3) is 0.776. The summed E-state index contributed by atoms with van der Waals surface area (Å²) in [5.74, 6) is -4.57. The Labute approximate surface area is 390 Å². The molecule has 3 fully saturated rings. The second-order valence-corrected chi connectivity index (χ2v) is 20.1. The molecule has 0 radical (unpaired) electrons. The third-order valence-corrected chi connectivity index (χ3v) is 13.7. The second kappa shape index (κ2) is 21.9. The average molecular weight is 936 g/mol. The van der Waals surface area contributed by atoms with Crippen molar-refractivity contribution in [3.05, 3.63) is 47.5 Å². The largest absolute Gasteiger partial charge is 0.509 e. The molecule has 0 saturated carbocycles. The van der Waals surface area contributed by atoms with E-state index < -0.39 is 114 Å². The molecule has 2 N–H and O–H groups in total. The van der Waals surface area contributed by atoms with Gasteiger partial charge in [0.05, 0.1) is 61.3 Å². The Morgan fingerprint density at radius 2 is 1.55 bits per heavy atom. The zero-order chi connectivity index (χ0) is 49.1. The van der Waals surface area contributed by atoms with Crippen LogP contribution < -0.4 is 0 Å². The first-order chi connectivity index (χ1) is 30.8. The molecule has 3 saturated heterocycles. The highest BCUT2D eigenvalue weighted by Gasteiger charge is 2.57. The molecule has 2 bridgehead atoms. The summed E-state index contributed by atoms with van der Waals surface area (Å²) in [5.41, 5.74) is -1.98. The molecule has 0 unspecified atom stereocenters. The fourth-order valence-corrected chi connectivity index (χ4v) is 10.4. The van der Waals surface area contributed by atoms with E-state index in [4.69, 9.17) is 52.1 Å². The van der Waals surface area contributed by atoms with Gasteiger partial charge in [-0.15, -0.1) is 0 Å². The maximum absolute atomic E-state index is 14.7. The summed E-state index contributed by atoms with van der Waals surface area (Å²) in [6.07, 6.45) is -9.20. The molecule has 66 heavy (non-hydrogen) atoms. The number of carbonyl (C=O) groups is 3. The van der Waals surface area contributed by atoms with Gasteiger partial charge in [-0.2, -0.15) is 0 Å². The number of likely N-dealkylation sites (N-methyl/N-ethyl adjacent to an activating group) is 1. The van der Waals surface area contributed by atoms with Crippen LogP contribution in [0.4, 0.5) is 9.59 Å². The standard InChI is InChI=1S/C49H77NO16/c1-16-35-49(12,55)42-29(5)37(65-47(9,10)66-42)27(3)24-48(11,54)41(64-44-40(63-45(52)56-15)34(50(13)14)23-28(4)58-44)30(6)39(31(7)43(51)60-35)61-36-22-26(2)38(32(8)59-36)62-46(53)57-25-33-20-18-17-19-21-33/h17-22,27-32,34-42,44,54-55H,16,23-25H2,1-15H3/t27-,28-,29+,30+,31-,32+,34+,35-,36+,37+,38-,39+,40-,41-,42-,44+,48-,49-/m1/s1. The Bertz CT molecular complexity index is 1800. The van der Waals surface area contributed by atoms with E-state index in [1.807, 2.05) is 77.0 Å². The minimum atomic E-state index is -1.72. The van der Waals surface area contributed by atoms with Crippen molar-refractivity contribution < 1.29 is 76.7 Å². The molecule has 0 aliphatic carbocycles. The van der Waals surface area contributed by atoms with Gasteiger partial charge in [-0.05, 0) is 112 Å².